The molecule has 0 bridgehead atoms. The summed E-state index contributed by atoms with van der Waals surface area (Å²) in [6, 6.07) is 0.542. The molecule has 1 unspecified atom stereocenters. The van der Waals surface area contributed by atoms with E-state index in [2.05, 4.69) is 52.2 Å². The van der Waals surface area contributed by atoms with Gasteiger partial charge in [0.25, 0.3) is 0 Å². The lowest BCUT2D eigenvalue weighted by atomic mass is 10.1. The van der Waals surface area contributed by atoms with Gasteiger partial charge in [-0.2, -0.15) is 0 Å². The Bertz CT molecular complexity index is 103. The molecule has 0 fully saturated rings. The van der Waals surface area contributed by atoms with Crippen LogP contribution in [-0.2, 0) is 0 Å². The fraction of sp³-hybridized carbons (Fsp3) is 1.00. The number of hydrogen-bond donors (Lipinski definition) is 2. The predicted octanol–water partition coefficient (Wildman–Crippen LogP) is 1.72. The van der Waals surface area contributed by atoms with Crippen LogP contribution in [0.1, 0.15) is 41.5 Å². The Hall–Kier alpha value is -0.0800. The van der Waals surface area contributed by atoms with Crippen LogP contribution in [-0.4, -0.2) is 17.7 Å². The van der Waals surface area contributed by atoms with Crippen molar-refractivity contribution in [3.8, 4) is 0 Å². The molecule has 0 spiro atoms. The average Bonchev–Trinajstić information content (AvgIpc) is 1.53. The van der Waals surface area contributed by atoms with E-state index >= 15 is 0 Å². The molecule has 0 aromatic rings. The number of nitrogens with one attached hydrogen (secondary N) is 2. The first-order valence-electron chi connectivity index (χ1n) is 4.35. The van der Waals surface area contributed by atoms with Crippen molar-refractivity contribution in [2.45, 2.75) is 59.3 Å². The monoisotopic (exact) mass is 158 g/mol. The molecule has 2 heteroatoms. The van der Waals surface area contributed by atoms with Crippen LogP contribution in [0.3, 0.4) is 0 Å². The maximum atomic E-state index is 3.44. The second-order valence-corrected chi connectivity index (χ2v) is 4.44. The summed E-state index contributed by atoms with van der Waals surface area (Å²) in [5.41, 5.74) is 0.196. The van der Waals surface area contributed by atoms with E-state index in [9.17, 15) is 0 Å². The second kappa shape index (κ2) is 4.07. The minimum atomic E-state index is 0.196. The summed E-state index contributed by atoms with van der Waals surface area (Å²) in [5.74, 6) is 0. The zero-order chi connectivity index (χ0) is 9.07. The predicted molar refractivity (Wildman–Crippen MR) is 50.6 cm³/mol. The second-order valence-electron chi connectivity index (χ2n) is 4.44. The topological polar surface area (TPSA) is 24.1 Å². The van der Waals surface area contributed by atoms with Gasteiger partial charge in [0.05, 0.1) is 6.17 Å². The van der Waals surface area contributed by atoms with E-state index < -0.39 is 0 Å². The van der Waals surface area contributed by atoms with Crippen molar-refractivity contribution in [2.24, 2.45) is 0 Å². The van der Waals surface area contributed by atoms with Crippen molar-refractivity contribution in [3.63, 3.8) is 0 Å². The summed E-state index contributed by atoms with van der Waals surface area (Å²) in [7, 11) is 0. The normalized spacial score (nSPS) is 15.5. The molecule has 0 radical (unpaired) electrons. The molecule has 0 heterocycles. The first-order valence-corrected chi connectivity index (χ1v) is 4.35. The van der Waals surface area contributed by atoms with Gasteiger partial charge in [0, 0.05) is 11.6 Å². The highest BCUT2D eigenvalue weighted by Crippen LogP contribution is 1.99. The molecule has 0 rings (SSSR count). The molecular formula is C9H22N2. The highest BCUT2D eigenvalue weighted by molar-refractivity contribution is 4.74. The van der Waals surface area contributed by atoms with Gasteiger partial charge in [-0.15, -0.1) is 0 Å². The van der Waals surface area contributed by atoms with Gasteiger partial charge in [0.1, 0.15) is 0 Å². The molecule has 1 atom stereocenters. The van der Waals surface area contributed by atoms with Crippen molar-refractivity contribution >= 4 is 0 Å². The van der Waals surface area contributed by atoms with Crippen LogP contribution in [0, 0.1) is 0 Å². The van der Waals surface area contributed by atoms with Crippen LogP contribution in [0.15, 0.2) is 0 Å². The Kier molecular flexibility index (Phi) is 4.04. The van der Waals surface area contributed by atoms with E-state index in [1.165, 1.54) is 0 Å². The molecule has 0 aromatic carbocycles. The maximum absolute atomic E-state index is 3.44. The van der Waals surface area contributed by atoms with Gasteiger partial charge >= 0.3 is 0 Å². The van der Waals surface area contributed by atoms with Gasteiger partial charge in [-0.3, -0.25) is 10.6 Å². The molecule has 11 heavy (non-hydrogen) atoms. The standard InChI is InChI=1S/C9H22N2/c1-7(2)10-8(3)11-9(4,5)6/h7-8,10-11H,1-6H3. The van der Waals surface area contributed by atoms with Crippen molar-refractivity contribution in [2.75, 3.05) is 0 Å². The largest absolute Gasteiger partial charge is 0.300 e. The summed E-state index contributed by atoms with van der Waals surface area (Å²) in [6.45, 7) is 13.0. The minimum absolute atomic E-state index is 0.196. The Morgan fingerprint density at radius 1 is 1.00 bits per heavy atom. The van der Waals surface area contributed by atoms with Crippen LogP contribution in [0.5, 0.6) is 0 Å². The van der Waals surface area contributed by atoms with Crippen LogP contribution < -0.4 is 10.6 Å². The quantitative estimate of drug-likeness (QED) is 0.611. The highest BCUT2D eigenvalue weighted by atomic mass is 15.2. The summed E-state index contributed by atoms with van der Waals surface area (Å²) in [6.07, 6.45) is 0.384. The first kappa shape index (κ1) is 10.9. The molecule has 0 saturated carbocycles. The molecule has 0 saturated heterocycles. The summed E-state index contributed by atoms with van der Waals surface area (Å²) in [4.78, 5) is 0. The maximum Gasteiger partial charge on any atom is 0.0548 e. The lowest BCUT2D eigenvalue weighted by Crippen LogP contribution is -2.51. The fourth-order valence-corrected chi connectivity index (χ4v) is 1.19. The van der Waals surface area contributed by atoms with Crippen molar-refractivity contribution in [1.82, 2.24) is 10.6 Å². The van der Waals surface area contributed by atoms with Crippen molar-refractivity contribution < 1.29 is 0 Å². The van der Waals surface area contributed by atoms with E-state index in [1.54, 1.807) is 0 Å². The third-order valence-corrected chi connectivity index (χ3v) is 1.23. The first-order chi connectivity index (χ1) is 4.81. The SMILES string of the molecule is CC(C)NC(C)NC(C)(C)C. The molecule has 0 aliphatic carbocycles. The molecule has 68 valence electrons. The average molecular weight is 158 g/mol. The summed E-state index contributed by atoms with van der Waals surface area (Å²) < 4.78 is 0. The van der Waals surface area contributed by atoms with Gasteiger partial charge in [-0.25, -0.2) is 0 Å². The van der Waals surface area contributed by atoms with Gasteiger partial charge < -0.3 is 0 Å². The van der Waals surface area contributed by atoms with Gasteiger partial charge in [0.2, 0.25) is 0 Å². The lowest BCUT2D eigenvalue weighted by molar-refractivity contribution is 0.319. The molecule has 0 aliphatic heterocycles. The van der Waals surface area contributed by atoms with E-state index in [4.69, 9.17) is 0 Å². The number of rotatable bonds is 3. The van der Waals surface area contributed by atoms with E-state index in [1.807, 2.05) is 0 Å². The van der Waals surface area contributed by atoms with Crippen LogP contribution in [0.25, 0.3) is 0 Å². The van der Waals surface area contributed by atoms with Gasteiger partial charge in [-0.05, 0) is 41.5 Å². The smallest absolute Gasteiger partial charge is 0.0548 e. The van der Waals surface area contributed by atoms with Crippen molar-refractivity contribution in [1.29, 1.82) is 0 Å². The Morgan fingerprint density at radius 2 is 1.45 bits per heavy atom. The third-order valence-electron chi connectivity index (χ3n) is 1.23. The molecule has 0 amide bonds. The van der Waals surface area contributed by atoms with Crippen LogP contribution in [0.4, 0.5) is 0 Å². The molecule has 2 N–H and O–H groups in total. The van der Waals surface area contributed by atoms with E-state index in [-0.39, 0.29) is 5.54 Å². The van der Waals surface area contributed by atoms with E-state index in [0.29, 0.717) is 12.2 Å². The molecule has 0 aromatic heterocycles. The summed E-state index contributed by atoms with van der Waals surface area (Å²) in [5, 5.41) is 6.83. The Labute approximate surface area is 70.8 Å². The zero-order valence-corrected chi connectivity index (χ0v) is 8.65. The minimum Gasteiger partial charge on any atom is -0.300 e. The molecular weight excluding hydrogens is 136 g/mol. The Balaban J connectivity index is 3.61. The molecule has 0 aliphatic rings. The number of hydrogen-bond acceptors (Lipinski definition) is 2. The van der Waals surface area contributed by atoms with Crippen LogP contribution >= 0.6 is 0 Å². The fourth-order valence-electron chi connectivity index (χ4n) is 1.19. The van der Waals surface area contributed by atoms with Crippen LogP contribution in [0.2, 0.25) is 0 Å². The van der Waals surface area contributed by atoms with Gasteiger partial charge in [0.15, 0.2) is 0 Å². The van der Waals surface area contributed by atoms with Crippen molar-refractivity contribution in [3.05, 3.63) is 0 Å². The Morgan fingerprint density at radius 3 is 1.73 bits per heavy atom. The third kappa shape index (κ3) is 7.82. The van der Waals surface area contributed by atoms with E-state index in [0.717, 1.165) is 0 Å². The van der Waals surface area contributed by atoms with Gasteiger partial charge in [-0.1, -0.05) is 0 Å². The highest BCUT2D eigenvalue weighted by Gasteiger charge is 2.12. The molecule has 2 nitrogen and oxygen atoms in total. The zero-order valence-electron chi connectivity index (χ0n) is 8.65. The summed E-state index contributed by atoms with van der Waals surface area (Å²) >= 11 is 0. The lowest BCUT2D eigenvalue weighted by Gasteiger charge is -2.28.